The van der Waals surface area contributed by atoms with Crippen LogP contribution in [0, 0.1) is 22.6 Å². The van der Waals surface area contributed by atoms with Gasteiger partial charge in [0.1, 0.15) is 17.4 Å². The van der Waals surface area contributed by atoms with Gasteiger partial charge in [0, 0.05) is 17.9 Å². The van der Waals surface area contributed by atoms with Crippen LogP contribution in [-0.2, 0) is 6.42 Å². The smallest absolute Gasteiger partial charge is 0.143 e. The number of halogens is 1. The quantitative estimate of drug-likeness (QED) is 0.871. The third-order valence-corrected chi connectivity index (χ3v) is 4.21. The molecule has 0 fully saturated rings. The van der Waals surface area contributed by atoms with Gasteiger partial charge in [-0.2, -0.15) is 5.26 Å². The second-order valence-electron chi connectivity index (χ2n) is 6.49. The fraction of sp³-hybridized carbons (Fsp3) is 0.353. The first-order valence-corrected chi connectivity index (χ1v) is 7.07. The summed E-state index contributed by atoms with van der Waals surface area (Å²) < 4.78 is 15.8. The highest BCUT2D eigenvalue weighted by molar-refractivity contribution is 5.52. The molecule has 0 amide bonds. The van der Waals surface area contributed by atoms with Gasteiger partial charge in [0.25, 0.3) is 0 Å². The van der Waals surface area contributed by atoms with Crippen molar-refractivity contribution in [2.75, 3.05) is 0 Å². The Hall–Kier alpha value is -2.12. The van der Waals surface area contributed by atoms with Crippen LogP contribution in [-0.4, -0.2) is 4.57 Å². The zero-order valence-electron chi connectivity index (χ0n) is 12.2. The summed E-state index contributed by atoms with van der Waals surface area (Å²) in [6, 6.07) is 8.66. The van der Waals surface area contributed by atoms with E-state index in [0.29, 0.717) is 5.69 Å². The number of hydrogen-bond acceptors (Lipinski definition) is 2. The van der Waals surface area contributed by atoms with Gasteiger partial charge in [-0.15, -0.1) is 0 Å². The molecule has 1 unspecified atom stereocenters. The van der Waals surface area contributed by atoms with E-state index in [1.165, 1.54) is 6.07 Å². The number of rotatable bonds is 1. The van der Waals surface area contributed by atoms with Gasteiger partial charge in [0.2, 0.25) is 0 Å². The molecule has 3 rings (SSSR count). The number of aromatic nitrogens is 1. The van der Waals surface area contributed by atoms with Crippen molar-refractivity contribution in [1.82, 2.24) is 4.57 Å². The minimum atomic E-state index is -0.489. The monoisotopic (exact) mass is 283 g/mol. The highest BCUT2D eigenvalue weighted by Crippen LogP contribution is 2.41. The first-order chi connectivity index (χ1) is 9.93. The van der Waals surface area contributed by atoms with Crippen LogP contribution in [0.3, 0.4) is 0 Å². The lowest BCUT2D eigenvalue weighted by molar-refractivity contribution is 0.278. The third-order valence-electron chi connectivity index (χ3n) is 4.21. The molecule has 1 aromatic carbocycles. The molecule has 2 N–H and O–H groups in total. The fourth-order valence-electron chi connectivity index (χ4n) is 3.29. The average Bonchev–Trinajstić information content (AvgIpc) is 2.80. The van der Waals surface area contributed by atoms with Crippen molar-refractivity contribution in [3.63, 3.8) is 0 Å². The Balaban J connectivity index is 2.20. The van der Waals surface area contributed by atoms with Crippen LogP contribution in [0.25, 0.3) is 5.69 Å². The summed E-state index contributed by atoms with van der Waals surface area (Å²) in [4.78, 5) is 0. The third kappa shape index (κ3) is 2.24. The number of nitrogens with two attached hydrogens (primary N) is 1. The second-order valence-corrected chi connectivity index (χ2v) is 6.49. The molecule has 3 nitrogen and oxygen atoms in total. The minimum Gasteiger partial charge on any atom is -0.324 e. The van der Waals surface area contributed by atoms with Gasteiger partial charge in [0.05, 0.1) is 5.69 Å². The summed E-state index contributed by atoms with van der Waals surface area (Å²) in [6.07, 6.45) is 3.68. The molecule has 1 atom stereocenters. The Kier molecular flexibility index (Phi) is 3.11. The number of nitrogens with zero attached hydrogens (tertiary/aromatic N) is 2. The zero-order chi connectivity index (χ0) is 15.2. The van der Waals surface area contributed by atoms with Crippen LogP contribution in [0.4, 0.5) is 4.39 Å². The van der Waals surface area contributed by atoms with Crippen LogP contribution in [0.15, 0.2) is 30.5 Å². The first-order valence-electron chi connectivity index (χ1n) is 7.07. The molecule has 0 bridgehead atoms. The number of hydrogen-bond donors (Lipinski definition) is 1. The molecule has 0 saturated carbocycles. The Morgan fingerprint density at radius 2 is 2.14 bits per heavy atom. The molecule has 1 aliphatic carbocycles. The predicted octanol–water partition coefficient (Wildman–Crippen LogP) is 3.46. The predicted molar refractivity (Wildman–Crippen MR) is 79.5 cm³/mol. The van der Waals surface area contributed by atoms with Crippen molar-refractivity contribution in [3.8, 4) is 11.8 Å². The van der Waals surface area contributed by atoms with E-state index in [4.69, 9.17) is 5.73 Å². The normalized spacial score (nSPS) is 19.9. The fourth-order valence-corrected chi connectivity index (χ4v) is 3.29. The molecule has 2 aromatic rings. The Labute approximate surface area is 123 Å². The van der Waals surface area contributed by atoms with E-state index in [2.05, 4.69) is 13.8 Å². The van der Waals surface area contributed by atoms with Gasteiger partial charge in [-0.1, -0.05) is 19.9 Å². The SMILES string of the molecule is CC1(C)Cc2c(ccn2-c2cccc(F)c2C#N)C(N)C1. The van der Waals surface area contributed by atoms with Crippen LogP contribution in [0.5, 0.6) is 0 Å². The number of benzene rings is 1. The maximum absolute atomic E-state index is 13.8. The van der Waals surface area contributed by atoms with E-state index in [9.17, 15) is 9.65 Å². The highest BCUT2D eigenvalue weighted by Gasteiger charge is 2.33. The Bertz CT molecular complexity index is 737. The Morgan fingerprint density at radius 3 is 2.86 bits per heavy atom. The van der Waals surface area contributed by atoms with E-state index < -0.39 is 5.82 Å². The molecule has 0 saturated heterocycles. The van der Waals surface area contributed by atoms with E-state index in [0.717, 1.165) is 24.1 Å². The number of nitriles is 1. The van der Waals surface area contributed by atoms with E-state index in [-0.39, 0.29) is 17.0 Å². The van der Waals surface area contributed by atoms with E-state index >= 15 is 0 Å². The molecule has 108 valence electrons. The van der Waals surface area contributed by atoms with E-state index in [1.54, 1.807) is 12.1 Å². The molecule has 0 radical (unpaired) electrons. The van der Waals surface area contributed by atoms with Crippen molar-refractivity contribution >= 4 is 0 Å². The molecule has 21 heavy (non-hydrogen) atoms. The summed E-state index contributed by atoms with van der Waals surface area (Å²) in [5, 5.41) is 9.23. The largest absolute Gasteiger partial charge is 0.324 e. The van der Waals surface area contributed by atoms with Crippen LogP contribution in [0.1, 0.15) is 43.1 Å². The lowest BCUT2D eigenvalue weighted by Crippen LogP contribution is -2.30. The van der Waals surface area contributed by atoms with Crippen molar-refractivity contribution in [2.45, 2.75) is 32.7 Å². The lowest BCUT2D eigenvalue weighted by atomic mass is 9.74. The van der Waals surface area contributed by atoms with E-state index in [1.807, 2.05) is 22.9 Å². The summed E-state index contributed by atoms with van der Waals surface area (Å²) in [5.74, 6) is -0.489. The van der Waals surface area contributed by atoms with Crippen LogP contribution < -0.4 is 5.73 Å². The summed E-state index contributed by atoms with van der Waals surface area (Å²) >= 11 is 0. The molecule has 1 heterocycles. The zero-order valence-corrected chi connectivity index (χ0v) is 12.2. The second kappa shape index (κ2) is 4.71. The molecule has 1 aliphatic rings. The molecule has 4 heteroatoms. The summed E-state index contributed by atoms with van der Waals surface area (Å²) in [6.45, 7) is 4.37. The molecule has 0 aliphatic heterocycles. The van der Waals surface area contributed by atoms with Gasteiger partial charge in [-0.05, 0) is 42.0 Å². The van der Waals surface area contributed by atoms with Crippen molar-refractivity contribution < 1.29 is 4.39 Å². The topological polar surface area (TPSA) is 54.7 Å². The lowest BCUT2D eigenvalue weighted by Gasteiger charge is -2.34. The maximum Gasteiger partial charge on any atom is 0.143 e. The van der Waals surface area contributed by atoms with Gasteiger partial charge in [-0.25, -0.2) is 4.39 Å². The summed E-state index contributed by atoms with van der Waals surface area (Å²) in [5.41, 5.74) is 9.21. The Morgan fingerprint density at radius 1 is 1.38 bits per heavy atom. The van der Waals surface area contributed by atoms with Gasteiger partial charge in [0.15, 0.2) is 0 Å². The van der Waals surface area contributed by atoms with Crippen molar-refractivity contribution in [2.24, 2.45) is 11.1 Å². The van der Waals surface area contributed by atoms with Crippen molar-refractivity contribution in [1.29, 1.82) is 5.26 Å². The minimum absolute atomic E-state index is 0.0101. The number of fused-ring (bicyclic) bond motifs is 1. The highest BCUT2D eigenvalue weighted by atomic mass is 19.1. The van der Waals surface area contributed by atoms with Gasteiger partial charge in [-0.3, -0.25) is 0 Å². The van der Waals surface area contributed by atoms with Gasteiger partial charge >= 0.3 is 0 Å². The maximum atomic E-state index is 13.8. The van der Waals surface area contributed by atoms with Crippen molar-refractivity contribution in [3.05, 3.63) is 53.1 Å². The average molecular weight is 283 g/mol. The standard InChI is InChI=1S/C17H18FN3/c1-17(2)8-14(20)11-6-7-21(16(11)9-17)15-5-3-4-13(18)12(15)10-19/h3-7,14H,8-9,20H2,1-2H3. The molecule has 1 aromatic heterocycles. The van der Waals surface area contributed by atoms with Crippen LogP contribution >= 0.6 is 0 Å². The summed E-state index contributed by atoms with van der Waals surface area (Å²) in [7, 11) is 0. The molecule has 0 spiro atoms. The van der Waals surface area contributed by atoms with Crippen LogP contribution in [0.2, 0.25) is 0 Å². The first kappa shape index (κ1) is 13.8. The molecular formula is C17H18FN3. The molecular weight excluding hydrogens is 265 g/mol. The van der Waals surface area contributed by atoms with Gasteiger partial charge < -0.3 is 10.3 Å².